The van der Waals surface area contributed by atoms with Gasteiger partial charge in [0.1, 0.15) is 0 Å². The van der Waals surface area contributed by atoms with Gasteiger partial charge in [0.15, 0.2) is 0 Å². The summed E-state index contributed by atoms with van der Waals surface area (Å²) in [6.07, 6.45) is 0.497. The highest BCUT2D eigenvalue weighted by molar-refractivity contribution is 6.21. The van der Waals surface area contributed by atoms with E-state index in [1.807, 2.05) is 0 Å². The minimum Gasteiger partial charge on any atom is -0.383 e. The molecule has 1 N–H and O–H groups in total. The summed E-state index contributed by atoms with van der Waals surface area (Å²) in [5, 5.41) is 2.54. The Balaban J connectivity index is 3.29. The maximum atomic E-state index is 10.7. The fourth-order valence-corrected chi connectivity index (χ4v) is 0.792. The summed E-state index contributed by atoms with van der Waals surface area (Å²) in [7, 11) is 1.58. The number of hydrogen-bond donors (Lipinski definition) is 1. The number of alkyl halides is 1. The molecule has 0 saturated heterocycles. The maximum absolute atomic E-state index is 10.7. The Bertz CT molecular complexity index is 119. The number of halogens is 1. The lowest BCUT2D eigenvalue weighted by atomic mass is 10.4. The van der Waals surface area contributed by atoms with Crippen molar-refractivity contribution in [3.63, 3.8) is 0 Å². The van der Waals surface area contributed by atoms with Crippen molar-refractivity contribution >= 4 is 17.5 Å². The number of methoxy groups -OCH3 is 1. The van der Waals surface area contributed by atoms with Crippen LogP contribution in [0.2, 0.25) is 0 Å². The van der Waals surface area contributed by atoms with Crippen molar-refractivity contribution in [2.24, 2.45) is 0 Å². The Kier molecular flexibility index (Phi) is 6.27. The fraction of sp³-hybridized carbons (Fsp3) is 0.857. The van der Waals surface area contributed by atoms with Crippen LogP contribution in [-0.2, 0) is 9.53 Å². The van der Waals surface area contributed by atoms with Crippen LogP contribution in [0.3, 0.4) is 0 Å². The molecular weight excluding hydrogens is 166 g/mol. The summed E-state index contributed by atoms with van der Waals surface area (Å²) in [6, 6.07) is 0. The predicted octanol–water partition coefficient (Wildman–Crippen LogP) is 0.766. The molecule has 0 saturated carbocycles. The van der Waals surface area contributed by atoms with Crippen LogP contribution in [0.15, 0.2) is 0 Å². The fourth-order valence-electron chi connectivity index (χ4n) is 0.589. The van der Waals surface area contributed by atoms with Crippen molar-refractivity contribution < 1.29 is 9.53 Å². The smallest absolute Gasteiger partial charge is 0.219 e. The average molecular weight is 180 g/mol. The van der Waals surface area contributed by atoms with Crippen molar-refractivity contribution in [2.45, 2.75) is 18.7 Å². The number of nitrogens with one attached hydrogen (secondary N) is 1. The number of carbonyl (C=O) groups is 1. The summed E-state index contributed by atoms with van der Waals surface area (Å²) in [4.78, 5) is 10.7. The molecule has 1 amide bonds. The third kappa shape index (κ3) is 6.13. The van der Waals surface area contributed by atoms with Crippen LogP contribution in [0, 0.1) is 0 Å². The van der Waals surface area contributed by atoms with E-state index < -0.39 is 0 Å². The van der Waals surface area contributed by atoms with Crippen LogP contribution in [0.25, 0.3) is 0 Å². The molecular formula is C7H14ClNO2. The molecule has 1 atom stereocenters. The molecule has 0 rings (SSSR count). The van der Waals surface area contributed by atoms with Gasteiger partial charge in [-0.05, 0) is 0 Å². The third-order valence-electron chi connectivity index (χ3n) is 1.19. The van der Waals surface area contributed by atoms with Crippen LogP contribution < -0.4 is 5.32 Å². The molecule has 3 nitrogen and oxygen atoms in total. The molecule has 0 fully saturated rings. The minimum absolute atomic E-state index is 0.0201. The zero-order chi connectivity index (χ0) is 8.69. The van der Waals surface area contributed by atoms with Crippen LogP contribution >= 0.6 is 11.6 Å². The molecule has 0 heterocycles. The van der Waals surface area contributed by atoms with Gasteiger partial charge in [-0.3, -0.25) is 4.79 Å². The summed E-state index contributed by atoms with van der Waals surface area (Å²) in [6.45, 7) is 2.74. The first kappa shape index (κ1) is 10.7. The first-order valence-corrected chi connectivity index (χ1v) is 4.04. The van der Waals surface area contributed by atoms with Gasteiger partial charge in [-0.25, -0.2) is 0 Å². The molecule has 0 bridgehead atoms. The Labute approximate surface area is 72.1 Å². The van der Waals surface area contributed by atoms with Gasteiger partial charge in [0.05, 0.1) is 12.0 Å². The first-order chi connectivity index (χ1) is 5.20. The van der Waals surface area contributed by atoms with E-state index >= 15 is 0 Å². The van der Waals surface area contributed by atoms with E-state index in [9.17, 15) is 4.79 Å². The maximum Gasteiger partial charge on any atom is 0.219 e. The number of amides is 1. The number of carbonyl (C=O) groups excluding carboxylic acids is 1. The summed E-state index contributed by atoms with van der Waals surface area (Å²) < 4.78 is 4.79. The van der Waals surface area contributed by atoms with Crippen LogP contribution in [0.1, 0.15) is 13.3 Å². The SMILES string of the molecule is CCC(=O)NCC(Cl)COC. The van der Waals surface area contributed by atoms with Crippen molar-refractivity contribution in [1.82, 2.24) is 5.32 Å². The van der Waals surface area contributed by atoms with E-state index in [0.29, 0.717) is 19.6 Å². The second-order valence-electron chi connectivity index (χ2n) is 2.21. The Hall–Kier alpha value is -0.280. The van der Waals surface area contributed by atoms with Crippen molar-refractivity contribution in [3.8, 4) is 0 Å². The highest BCUT2D eigenvalue weighted by atomic mass is 35.5. The molecule has 0 aromatic carbocycles. The lowest BCUT2D eigenvalue weighted by Gasteiger charge is -2.08. The lowest BCUT2D eigenvalue weighted by molar-refractivity contribution is -0.120. The molecule has 1 unspecified atom stereocenters. The molecule has 0 spiro atoms. The van der Waals surface area contributed by atoms with Crippen LogP contribution in [0.4, 0.5) is 0 Å². The van der Waals surface area contributed by atoms with E-state index in [2.05, 4.69) is 5.32 Å². The molecule has 0 aromatic rings. The minimum atomic E-state index is -0.129. The van der Waals surface area contributed by atoms with Gasteiger partial charge in [0, 0.05) is 20.1 Å². The molecule has 66 valence electrons. The number of ether oxygens (including phenoxy) is 1. The summed E-state index contributed by atoms with van der Waals surface area (Å²) in [5.74, 6) is 0.0201. The average Bonchev–Trinajstić information content (AvgIpc) is 2.01. The second kappa shape index (κ2) is 6.43. The van der Waals surface area contributed by atoms with Crippen molar-refractivity contribution in [3.05, 3.63) is 0 Å². The highest BCUT2D eigenvalue weighted by Crippen LogP contribution is 1.93. The molecule has 0 aliphatic rings. The molecule has 4 heteroatoms. The zero-order valence-corrected chi connectivity index (χ0v) is 7.65. The molecule has 0 aliphatic carbocycles. The van der Waals surface area contributed by atoms with E-state index in [1.54, 1.807) is 14.0 Å². The normalized spacial score (nSPS) is 12.6. The Morgan fingerprint density at radius 2 is 2.36 bits per heavy atom. The third-order valence-corrected chi connectivity index (χ3v) is 1.47. The summed E-state index contributed by atoms with van der Waals surface area (Å²) >= 11 is 5.74. The van der Waals surface area contributed by atoms with Crippen molar-refractivity contribution in [1.29, 1.82) is 0 Å². The van der Waals surface area contributed by atoms with Crippen molar-refractivity contribution in [2.75, 3.05) is 20.3 Å². The number of rotatable bonds is 5. The van der Waals surface area contributed by atoms with E-state index in [0.717, 1.165) is 0 Å². The quantitative estimate of drug-likeness (QED) is 0.634. The Morgan fingerprint density at radius 1 is 1.73 bits per heavy atom. The summed E-state index contributed by atoms with van der Waals surface area (Å²) in [5.41, 5.74) is 0. The molecule has 0 radical (unpaired) electrons. The van der Waals surface area contributed by atoms with Crippen LogP contribution in [0.5, 0.6) is 0 Å². The van der Waals surface area contributed by atoms with Gasteiger partial charge >= 0.3 is 0 Å². The monoisotopic (exact) mass is 179 g/mol. The lowest BCUT2D eigenvalue weighted by Crippen LogP contribution is -2.30. The highest BCUT2D eigenvalue weighted by Gasteiger charge is 2.04. The van der Waals surface area contributed by atoms with Crippen LogP contribution in [-0.4, -0.2) is 31.5 Å². The topological polar surface area (TPSA) is 38.3 Å². The number of hydrogen-bond acceptors (Lipinski definition) is 2. The molecule has 11 heavy (non-hydrogen) atoms. The Morgan fingerprint density at radius 3 is 2.82 bits per heavy atom. The molecule has 0 aromatic heterocycles. The zero-order valence-electron chi connectivity index (χ0n) is 6.89. The largest absolute Gasteiger partial charge is 0.383 e. The predicted molar refractivity (Wildman–Crippen MR) is 44.8 cm³/mol. The second-order valence-corrected chi connectivity index (χ2v) is 2.83. The van der Waals surface area contributed by atoms with Gasteiger partial charge in [0.25, 0.3) is 0 Å². The standard InChI is InChI=1S/C7H14ClNO2/c1-3-7(10)9-4-6(8)5-11-2/h6H,3-5H2,1-2H3,(H,9,10). The van der Waals surface area contributed by atoms with Gasteiger partial charge in [0.2, 0.25) is 5.91 Å². The first-order valence-electron chi connectivity index (χ1n) is 3.60. The van der Waals surface area contributed by atoms with Gasteiger partial charge in [-0.1, -0.05) is 6.92 Å². The van der Waals surface area contributed by atoms with E-state index in [1.165, 1.54) is 0 Å². The van der Waals surface area contributed by atoms with E-state index in [-0.39, 0.29) is 11.3 Å². The van der Waals surface area contributed by atoms with Gasteiger partial charge < -0.3 is 10.1 Å². The molecule has 0 aliphatic heterocycles. The van der Waals surface area contributed by atoms with Gasteiger partial charge in [-0.15, -0.1) is 11.6 Å². The van der Waals surface area contributed by atoms with E-state index in [4.69, 9.17) is 16.3 Å². The van der Waals surface area contributed by atoms with Gasteiger partial charge in [-0.2, -0.15) is 0 Å².